The van der Waals surface area contributed by atoms with Crippen LogP contribution in [0.2, 0.25) is 0 Å². The summed E-state index contributed by atoms with van der Waals surface area (Å²) in [4.78, 5) is 12.4. The summed E-state index contributed by atoms with van der Waals surface area (Å²) < 4.78 is 16.2. The number of hydrogen-bond acceptors (Lipinski definition) is 7. The van der Waals surface area contributed by atoms with Gasteiger partial charge in [-0.1, -0.05) is 12.1 Å². The van der Waals surface area contributed by atoms with E-state index >= 15 is 0 Å². The van der Waals surface area contributed by atoms with E-state index in [4.69, 9.17) is 19.9 Å². The number of aliphatic hydroxyl groups is 1. The first-order chi connectivity index (χ1) is 15.2. The van der Waals surface area contributed by atoms with Gasteiger partial charge in [0.1, 0.15) is 23.0 Å². The van der Waals surface area contributed by atoms with Crippen molar-refractivity contribution in [3.05, 3.63) is 72.3 Å². The normalized spacial score (nSPS) is 13.6. The second kappa shape index (κ2) is 9.84. The molecule has 0 aliphatic rings. The minimum atomic E-state index is -2.06. The van der Waals surface area contributed by atoms with Gasteiger partial charge in [0.05, 0.1) is 19.5 Å². The zero-order chi connectivity index (χ0) is 23.3. The third-order valence-corrected chi connectivity index (χ3v) is 6.46. The number of carbonyl (C=O) groups is 1. The Hall–Kier alpha value is -3.36. The second-order valence-electron chi connectivity index (χ2n) is 7.20. The molecule has 3 rings (SSSR count). The molecule has 0 aromatic heterocycles. The summed E-state index contributed by atoms with van der Waals surface area (Å²) in [6.07, 6.45) is 0. The molecular weight excluding hydrogens is 430 g/mol. The number of nitrogens with two attached hydrogens (primary N) is 1. The molecule has 3 aromatic rings. The highest BCUT2D eigenvalue weighted by Crippen LogP contribution is 2.46. The predicted octanol–water partition coefficient (Wildman–Crippen LogP) is 4.75. The van der Waals surface area contributed by atoms with Gasteiger partial charge < -0.3 is 30.2 Å². The van der Waals surface area contributed by atoms with Crippen molar-refractivity contribution in [3.63, 3.8) is 0 Å². The number of thioether (sulfide) groups is 1. The van der Waals surface area contributed by atoms with Crippen LogP contribution in [0.15, 0.2) is 71.6 Å². The van der Waals surface area contributed by atoms with Gasteiger partial charge in [-0.05, 0) is 67.1 Å². The Morgan fingerprint density at radius 3 is 1.94 bits per heavy atom. The number of ether oxygens (including phenoxy) is 3. The van der Waals surface area contributed by atoms with Gasteiger partial charge in [0.2, 0.25) is 0 Å². The SMILES string of the molecule is COc1ccc(Oc2ccc(N)c(SC(c3ccc(OC)cc3)C(C)(O)C(=O)O)c2)cc1. The van der Waals surface area contributed by atoms with Crippen molar-refractivity contribution in [2.75, 3.05) is 20.0 Å². The molecule has 0 saturated carbocycles. The Balaban J connectivity index is 1.92. The summed E-state index contributed by atoms with van der Waals surface area (Å²) in [7, 11) is 3.13. The molecule has 0 spiro atoms. The lowest BCUT2D eigenvalue weighted by Crippen LogP contribution is -2.40. The van der Waals surface area contributed by atoms with E-state index in [9.17, 15) is 15.0 Å². The molecule has 4 N–H and O–H groups in total. The Morgan fingerprint density at radius 2 is 1.41 bits per heavy atom. The summed E-state index contributed by atoms with van der Waals surface area (Å²) in [5, 5.41) is 19.6. The summed E-state index contributed by atoms with van der Waals surface area (Å²) in [5.74, 6) is 1.13. The smallest absolute Gasteiger partial charge is 0.336 e. The van der Waals surface area contributed by atoms with E-state index in [2.05, 4.69) is 0 Å². The van der Waals surface area contributed by atoms with E-state index in [1.54, 1.807) is 80.9 Å². The molecule has 3 aromatic carbocycles. The lowest BCUT2D eigenvalue weighted by atomic mass is 9.96. The first-order valence-corrected chi connectivity index (χ1v) is 10.6. The maximum atomic E-state index is 11.8. The quantitative estimate of drug-likeness (QED) is 0.313. The van der Waals surface area contributed by atoms with Crippen LogP contribution in [0.5, 0.6) is 23.0 Å². The minimum absolute atomic E-state index is 0.441. The van der Waals surface area contributed by atoms with Crippen molar-refractivity contribution < 1.29 is 29.2 Å². The summed E-state index contributed by atoms with van der Waals surface area (Å²) >= 11 is 1.15. The van der Waals surface area contributed by atoms with Crippen molar-refractivity contribution in [2.24, 2.45) is 0 Å². The number of benzene rings is 3. The van der Waals surface area contributed by atoms with Gasteiger partial charge in [-0.3, -0.25) is 0 Å². The highest BCUT2D eigenvalue weighted by Gasteiger charge is 2.41. The Morgan fingerprint density at radius 1 is 0.906 bits per heavy atom. The van der Waals surface area contributed by atoms with E-state index in [1.807, 2.05) is 0 Å². The molecule has 0 aliphatic carbocycles. The monoisotopic (exact) mass is 455 g/mol. The van der Waals surface area contributed by atoms with Crippen LogP contribution < -0.4 is 19.9 Å². The Kier molecular flexibility index (Phi) is 7.17. The molecule has 8 heteroatoms. The molecule has 0 heterocycles. The number of nitrogen functional groups attached to an aromatic ring is 1. The number of anilines is 1. The third-order valence-electron chi connectivity index (χ3n) is 4.89. The second-order valence-corrected chi connectivity index (χ2v) is 8.35. The summed E-state index contributed by atoms with van der Waals surface area (Å²) in [5.41, 5.74) is 5.17. The van der Waals surface area contributed by atoms with Crippen LogP contribution in [0.25, 0.3) is 0 Å². The van der Waals surface area contributed by atoms with Crippen molar-refractivity contribution in [1.82, 2.24) is 0 Å². The van der Waals surface area contributed by atoms with E-state index in [0.717, 1.165) is 11.8 Å². The van der Waals surface area contributed by atoms with Crippen LogP contribution >= 0.6 is 11.8 Å². The molecular formula is C24H25NO6S. The number of carboxylic acids is 1. The summed E-state index contributed by atoms with van der Waals surface area (Å²) in [6.45, 7) is 1.27. The van der Waals surface area contributed by atoms with Crippen molar-refractivity contribution in [2.45, 2.75) is 22.7 Å². The minimum Gasteiger partial charge on any atom is -0.497 e. The first-order valence-electron chi connectivity index (χ1n) is 9.72. The number of methoxy groups -OCH3 is 2. The van der Waals surface area contributed by atoms with E-state index in [-0.39, 0.29) is 0 Å². The molecule has 0 aliphatic heterocycles. The van der Waals surface area contributed by atoms with Crippen molar-refractivity contribution >= 4 is 23.4 Å². The first kappa shape index (κ1) is 23.3. The van der Waals surface area contributed by atoms with E-state index < -0.39 is 16.8 Å². The number of rotatable bonds is 9. The molecule has 168 valence electrons. The number of aliphatic carboxylic acids is 1. The topological polar surface area (TPSA) is 111 Å². The van der Waals surface area contributed by atoms with Gasteiger partial charge in [0.15, 0.2) is 5.60 Å². The molecule has 0 bridgehead atoms. The average molecular weight is 456 g/mol. The Labute approximate surface area is 190 Å². The van der Waals surface area contributed by atoms with Crippen LogP contribution in [0.4, 0.5) is 5.69 Å². The summed E-state index contributed by atoms with van der Waals surface area (Å²) in [6, 6.07) is 19.1. The molecule has 0 amide bonds. The fraction of sp³-hybridized carbons (Fsp3) is 0.208. The van der Waals surface area contributed by atoms with Crippen LogP contribution in [0.3, 0.4) is 0 Å². The van der Waals surface area contributed by atoms with Gasteiger partial charge in [-0.25, -0.2) is 4.79 Å². The lowest BCUT2D eigenvalue weighted by molar-refractivity contribution is -0.156. The molecule has 2 unspecified atom stereocenters. The van der Waals surface area contributed by atoms with Gasteiger partial charge in [0.25, 0.3) is 0 Å². The highest BCUT2D eigenvalue weighted by atomic mass is 32.2. The third kappa shape index (κ3) is 5.27. The lowest BCUT2D eigenvalue weighted by Gasteiger charge is -2.29. The van der Waals surface area contributed by atoms with E-state index in [0.29, 0.717) is 39.1 Å². The molecule has 0 saturated heterocycles. The maximum Gasteiger partial charge on any atom is 0.336 e. The predicted molar refractivity (Wildman–Crippen MR) is 124 cm³/mol. The maximum absolute atomic E-state index is 11.8. The molecule has 0 fully saturated rings. The van der Waals surface area contributed by atoms with Gasteiger partial charge >= 0.3 is 5.97 Å². The standard InChI is InChI=1S/C24H25NO6S/c1-24(28,23(26)27)22(15-4-6-16(29-2)7-5-15)32-21-14-19(12-13-20(21)25)31-18-10-8-17(30-3)9-11-18/h4-14,22,28H,25H2,1-3H3,(H,26,27). The number of carboxylic acid groups (broad SMARTS) is 1. The van der Waals surface area contributed by atoms with Crippen molar-refractivity contribution in [3.8, 4) is 23.0 Å². The van der Waals surface area contributed by atoms with Crippen LogP contribution in [0.1, 0.15) is 17.7 Å². The highest BCUT2D eigenvalue weighted by molar-refractivity contribution is 7.99. The molecule has 2 atom stereocenters. The zero-order valence-corrected chi connectivity index (χ0v) is 18.8. The average Bonchev–Trinajstić information content (AvgIpc) is 2.79. The van der Waals surface area contributed by atoms with Gasteiger partial charge in [-0.2, -0.15) is 0 Å². The molecule has 7 nitrogen and oxygen atoms in total. The molecule has 32 heavy (non-hydrogen) atoms. The molecule has 0 radical (unpaired) electrons. The number of hydrogen-bond donors (Lipinski definition) is 3. The van der Waals surface area contributed by atoms with Crippen molar-refractivity contribution in [1.29, 1.82) is 0 Å². The van der Waals surface area contributed by atoms with Crippen LogP contribution in [0, 0.1) is 0 Å². The fourth-order valence-electron chi connectivity index (χ4n) is 2.99. The Bertz CT molecular complexity index is 1070. The van der Waals surface area contributed by atoms with Gasteiger partial charge in [-0.15, -0.1) is 11.8 Å². The zero-order valence-electron chi connectivity index (χ0n) is 17.9. The van der Waals surface area contributed by atoms with Gasteiger partial charge in [0, 0.05) is 10.6 Å². The largest absolute Gasteiger partial charge is 0.497 e. The van der Waals surface area contributed by atoms with Crippen LogP contribution in [-0.2, 0) is 4.79 Å². The fourth-order valence-corrected chi connectivity index (χ4v) is 4.25. The van der Waals surface area contributed by atoms with E-state index in [1.165, 1.54) is 6.92 Å². The van der Waals surface area contributed by atoms with Crippen LogP contribution in [-0.4, -0.2) is 36.0 Å².